The molecule has 1 amide bonds. The minimum atomic E-state index is -3.31. The third kappa shape index (κ3) is 3.96. The van der Waals surface area contributed by atoms with E-state index in [9.17, 15) is 4.79 Å². The van der Waals surface area contributed by atoms with Gasteiger partial charge in [0.2, 0.25) is 5.91 Å². The Kier molecular flexibility index (Phi) is 3.93. The zero-order valence-electron chi connectivity index (χ0n) is 24.6. The zero-order chi connectivity index (χ0) is 27.3. The summed E-state index contributed by atoms with van der Waals surface area (Å²) in [4.78, 5) is 17.2. The summed E-state index contributed by atoms with van der Waals surface area (Å²) in [5, 5.41) is 0. The quantitative estimate of drug-likeness (QED) is 0.743. The molecule has 2 heterocycles. The smallest absolute Gasteiger partial charge is 0.238 e. The average Bonchev–Trinajstić information content (AvgIpc) is 2.92. The Morgan fingerprint density at radius 1 is 1.00 bits per heavy atom. The summed E-state index contributed by atoms with van der Waals surface area (Å²) in [5.41, 5.74) is -0.656. The first-order valence-corrected chi connectivity index (χ1v) is 10.00. The number of ether oxygens (including phenoxy) is 1. The standard InChI is InChI=1S/C25H32N2O2/c1-21(20-26-16-18-29-19-17-26)25(22-10-4-2-5-11-22,23-12-6-3-7-13-23)24(28)27-14-8-9-15-27/h2-7,10-13,21H,8-9,14-20H2,1H3/i8D2,9D2,14D2,15D2. The highest BCUT2D eigenvalue weighted by Crippen LogP contribution is 2.42. The summed E-state index contributed by atoms with van der Waals surface area (Å²) in [6.45, 7) is -1.97. The molecule has 2 aromatic rings. The molecule has 2 aliphatic heterocycles. The molecule has 29 heavy (non-hydrogen) atoms. The molecule has 0 saturated carbocycles. The minimum Gasteiger partial charge on any atom is -0.379 e. The number of benzene rings is 2. The summed E-state index contributed by atoms with van der Waals surface area (Å²) in [7, 11) is 0. The van der Waals surface area contributed by atoms with Gasteiger partial charge in [0, 0.05) is 43.6 Å². The number of hydrogen-bond donors (Lipinski definition) is 0. The first-order chi connectivity index (χ1) is 17.2. The van der Waals surface area contributed by atoms with E-state index in [4.69, 9.17) is 15.7 Å². The van der Waals surface area contributed by atoms with Gasteiger partial charge in [0.15, 0.2) is 0 Å². The lowest BCUT2D eigenvalue weighted by molar-refractivity contribution is -0.137. The van der Waals surface area contributed by atoms with Gasteiger partial charge in [-0.25, -0.2) is 0 Å². The molecule has 0 bridgehead atoms. The lowest BCUT2D eigenvalue weighted by Crippen LogP contribution is -2.54. The second-order valence-corrected chi connectivity index (χ2v) is 7.47. The topological polar surface area (TPSA) is 32.8 Å². The molecule has 1 atom stereocenters. The van der Waals surface area contributed by atoms with Crippen LogP contribution < -0.4 is 0 Å². The first kappa shape index (κ1) is 12.5. The van der Waals surface area contributed by atoms with Gasteiger partial charge in [-0.2, -0.15) is 0 Å². The minimum absolute atomic E-state index is 0.190. The number of carbonyl (C=O) groups is 1. The number of amides is 1. The van der Waals surface area contributed by atoms with E-state index >= 15 is 0 Å². The van der Waals surface area contributed by atoms with Gasteiger partial charge in [0.1, 0.15) is 5.41 Å². The van der Waals surface area contributed by atoms with Crippen LogP contribution in [0.15, 0.2) is 60.7 Å². The van der Waals surface area contributed by atoms with Crippen molar-refractivity contribution in [1.29, 1.82) is 0 Å². The SMILES string of the molecule is [2H]C1([2H])N(C(=O)C(c2ccccc2)(c2ccccc2)C(C)CN2CCOCC2)C([2H])([2H])C([2H])([2H])C1([2H])[2H]. The highest BCUT2D eigenvalue weighted by molar-refractivity contribution is 5.92. The molecular formula is C25H32N2O2. The lowest BCUT2D eigenvalue weighted by Gasteiger charge is -2.43. The fourth-order valence-corrected chi connectivity index (χ4v) is 4.38. The van der Waals surface area contributed by atoms with E-state index in [2.05, 4.69) is 4.90 Å². The maximum atomic E-state index is 14.8. The van der Waals surface area contributed by atoms with Crippen LogP contribution in [-0.4, -0.2) is 61.5 Å². The maximum absolute atomic E-state index is 14.8. The maximum Gasteiger partial charge on any atom is 0.238 e. The monoisotopic (exact) mass is 400 g/mol. The second-order valence-electron chi connectivity index (χ2n) is 7.47. The van der Waals surface area contributed by atoms with Crippen LogP contribution in [0.5, 0.6) is 0 Å². The van der Waals surface area contributed by atoms with Crippen molar-refractivity contribution in [2.24, 2.45) is 5.92 Å². The van der Waals surface area contributed by atoms with Crippen molar-refractivity contribution in [3.63, 3.8) is 0 Å². The molecule has 0 radical (unpaired) electrons. The summed E-state index contributed by atoms with van der Waals surface area (Å²) < 4.78 is 72.8. The number of nitrogens with zero attached hydrogens (tertiary/aromatic N) is 2. The van der Waals surface area contributed by atoms with Crippen molar-refractivity contribution in [3.05, 3.63) is 71.8 Å². The molecule has 2 saturated heterocycles. The molecule has 2 fully saturated rings. The van der Waals surface area contributed by atoms with Crippen molar-refractivity contribution in [2.75, 3.05) is 45.8 Å². The van der Waals surface area contributed by atoms with Crippen LogP contribution in [0.3, 0.4) is 0 Å². The average molecular weight is 401 g/mol. The lowest BCUT2D eigenvalue weighted by atomic mass is 9.65. The zero-order valence-corrected chi connectivity index (χ0v) is 16.6. The van der Waals surface area contributed by atoms with Crippen molar-refractivity contribution in [2.45, 2.75) is 25.1 Å². The molecule has 2 aliphatic rings. The van der Waals surface area contributed by atoms with E-state index in [1.54, 1.807) is 60.7 Å². The van der Waals surface area contributed by atoms with Gasteiger partial charge in [-0.3, -0.25) is 9.69 Å². The van der Waals surface area contributed by atoms with Crippen molar-refractivity contribution < 1.29 is 20.5 Å². The summed E-state index contributed by atoms with van der Waals surface area (Å²) in [6, 6.07) is 17.4. The molecular weight excluding hydrogens is 360 g/mol. The van der Waals surface area contributed by atoms with E-state index in [-0.39, 0.29) is 4.90 Å². The normalized spacial score (nSPS) is 30.3. The molecule has 1 unspecified atom stereocenters. The molecule has 0 aromatic heterocycles. The molecule has 0 N–H and O–H groups in total. The van der Waals surface area contributed by atoms with Gasteiger partial charge < -0.3 is 9.64 Å². The van der Waals surface area contributed by atoms with E-state index in [0.29, 0.717) is 44.0 Å². The Labute approximate surface area is 185 Å². The number of rotatable bonds is 6. The van der Waals surface area contributed by atoms with Crippen molar-refractivity contribution in [3.8, 4) is 0 Å². The van der Waals surface area contributed by atoms with Crippen LogP contribution in [0.2, 0.25) is 0 Å². The Morgan fingerprint density at radius 3 is 2.03 bits per heavy atom. The third-order valence-corrected chi connectivity index (χ3v) is 5.77. The fraction of sp³-hybridized carbons (Fsp3) is 0.480. The van der Waals surface area contributed by atoms with Gasteiger partial charge in [-0.1, -0.05) is 67.6 Å². The van der Waals surface area contributed by atoms with Crippen LogP contribution in [0.25, 0.3) is 0 Å². The van der Waals surface area contributed by atoms with Gasteiger partial charge in [-0.15, -0.1) is 0 Å². The van der Waals surface area contributed by atoms with E-state index in [1.807, 2.05) is 6.92 Å². The van der Waals surface area contributed by atoms with Crippen LogP contribution in [-0.2, 0) is 14.9 Å². The van der Waals surface area contributed by atoms with Crippen LogP contribution in [0.1, 0.15) is 41.8 Å². The summed E-state index contributed by atoms with van der Waals surface area (Å²) in [5.74, 6) is -1.56. The van der Waals surface area contributed by atoms with Crippen molar-refractivity contribution in [1.82, 2.24) is 9.80 Å². The second kappa shape index (κ2) is 9.10. The number of morpholine rings is 1. The third-order valence-electron chi connectivity index (χ3n) is 5.77. The van der Waals surface area contributed by atoms with E-state index in [1.165, 1.54) is 0 Å². The molecule has 0 aliphatic carbocycles. The molecule has 4 heteroatoms. The molecule has 0 spiro atoms. The van der Waals surface area contributed by atoms with Gasteiger partial charge in [0.05, 0.1) is 13.2 Å². The Balaban J connectivity index is 1.98. The Morgan fingerprint density at radius 2 is 1.52 bits per heavy atom. The molecule has 154 valence electrons. The van der Waals surface area contributed by atoms with Crippen molar-refractivity contribution >= 4 is 5.91 Å². The van der Waals surface area contributed by atoms with E-state index < -0.39 is 43.0 Å². The summed E-state index contributed by atoms with van der Waals surface area (Å²) in [6.07, 6.45) is -6.63. The van der Waals surface area contributed by atoms with Crippen LogP contribution >= 0.6 is 0 Å². The molecule has 4 nitrogen and oxygen atoms in total. The fourth-order valence-electron chi connectivity index (χ4n) is 4.38. The highest BCUT2D eigenvalue weighted by atomic mass is 16.5. The number of hydrogen-bond acceptors (Lipinski definition) is 3. The number of likely N-dealkylation sites (tertiary alicyclic amines) is 1. The molecule has 4 rings (SSSR count). The Bertz CT molecular complexity index is 1040. The predicted molar refractivity (Wildman–Crippen MR) is 116 cm³/mol. The van der Waals surface area contributed by atoms with Gasteiger partial charge in [-0.05, 0) is 29.8 Å². The summed E-state index contributed by atoms with van der Waals surface area (Å²) >= 11 is 0. The highest BCUT2D eigenvalue weighted by Gasteiger charge is 2.49. The molecule has 2 aromatic carbocycles. The largest absolute Gasteiger partial charge is 0.379 e. The first-order valence-electron chi connectivity index (χ1n) is 14.0. The van der Waals surface area contributed by atoms with Crippen LogP contribution in [0.4, 0.5) is 0 Å². The van der Waals surface area contributed by atoms with Crippen LogP contribution in [0, 0.1) is 5.92 Å². The predicted octanol–water partition coefficient (Wildman–Crippen LogP) is 3.56. The van der Waals surface area contributed by atoms with Gasteiger partial charge in [0.25, 0.3) is 0 Å². The number of carbonyl (C=O) groups excluding carboxylic acids is 1. The van der Waals surface area contributed by atoms with Gasteiger partial charge >= 0.3 is 0 Å². The van der Waals surface area contributed by atoms with E-state index in [0.717, 1.165) is 0 Å². The Hall–Kier alpha value is -2.17.